The quantitative estimate of drug-likeness (QED) is 0.792. The highest BCUT2D eigenvalue weighted by Crippen LogP contribution is 2.17. The monoisotopic (exact) mass is 221 g/mol. The van der Waals surface area contributed by atoms with Crippen LogP contribution in [0.25, 0.3) is 0 Å². The first-order valence-electron chi connectivity index (χ1n) is 3.73. The zero-order valence-corrected chi connectivity index (χ0v) is 8.91. The van der Waals surface area contributed by atoms with Crippen molar-refractivity contribution in [3.05, 3.63) is 21.9 Å². The molecule has 0 radical (unpaired) electrons. The minimum atomic E-state index is -0.270. The van der Waals surface area contributed by atoms with Gasteiger partial charge in [0.1, 0.15) is 4.88 Å². The molecule has 0 unspecified atom stereocenters. The van der Waals surface area contributed by atoms with E-state index in [4.69, 9.17) is 10.5 Å². The van der Waals surface area contributed by atoms with Gasteiger partial charge >= 0.3 is 5.97 Å². The molecule has 13 heavy (non-hydrogen) atoms. The van der Waals surface area contributed by atoms with E-state index in [2.05, 4.69) is 0 Å². The highest BCUT2D eigenvalue weighted by atomic mass is 35.5. The Morgan fingerprint density at radius 2 is 2.38 bits per heavy atom. The highest BCUT2D eigenvalue weighted by Gasteiger charge is 2.12. The maximum absolute atomic E-state index is 11.2. The number of hydrogen-bond acceptors (Lipinski definition) is 4. The van der Waals surface area contributed by atoms with Gasteiger partial charge in [0.05, 0.1) is 6.61 Å². The van der Waals surface area contributed by atoms with E-state index in [1.807, 2.05) is 11.4 Å². The van der Waals surface area contributed by atoms with E-state index in [0.29, 0.717) is 18.0 Å². The van der Waals surface area contributed by atoms with Gasteiger partial charge in [-0.05, 0) is 23.9 Å². The Morgan fingerprint density at radius 1 is 1.69 bits per heavy atom. The first-order chi connectivity index (χ1) is 5.79. The second-order valence-electron chi connectivity index (χ2n) is 2.20. The lowest BCUT2D eigenvalue weighted by atomic mass is 10.2. The lowest BCUT2D eigenvalue weighted by molar-refractivity contribution is 0.0531. The molecule has 1 heterocycles. The number of halogens is 1. The Labute approximate surface area is 87.3 Å². The summed E-state index contributed by atoms with van der Waals surface area (Å²) in [6, 6.07) is 1.84. The first-order valence-corrected chi connectivity index (χ1v) is 4.61. The predicted octanol–water partition coefficient (Wildman–Crippen LogP) is 1.81. The Hall–Kier alpha value is -0.580. The van der Waals surface area contributed by atoms with E-state index in [0.717, 1.165) is 5.56 Å². The van der Waals surface area contributed by atoms with Gasteiger partial charge in [0.15, 0.2) is 0 Å². The molecule has 2 N–H and O–H groups in total. The van der Waals surface area contributed by atoms with Crippen LogP contribution in [0.3, 0.4) is 0 Å². The molecular weight excluding hydrogens is 210 g/mol. The van der Waals surface area contributed by atoms with Crippen LogP contribution in [0.2, 0.25) is 0 Å². The van der Waals surface area contributed by atoms with Gasteiger partial charge in [-0.2, -0.15) is 0 Å². The van der Waals surface area contributed by atoms with Crippen molar-refractivity contribution in [2.45, 2.75) is 13.5 Å². The second kappa shape index (κ2) is 5.96. The van der Waals surface area contributed by atoms with Gasteiger partial charge in [0.2, 0.25) is 0 Å². The molecule has 1 aromatic rings. The number of carbonyl (C=O) groups excluding carboxylic acids is 1. The molecule has 0 aliphatic heterocycles. The molecule has 0 amide bonds. The molecule has 0 fully saturated rings. The van der Waals surface area contributed by atoms with Crippen molar-refractivity contribution in [1.82, 2.24) is 0 Å². The lowest BCUT2D eigenvalue weighted by Gasteiger charge is -2.00. The number of ether oxygens (including phenoxy) is 1. The third-order valence-electron chi connectivity index (χ3n) is 1.43. The molecule has 1 aromatic heterocycles. The maximum Gasteiger partial charge on any atom is 0.348 e. The number of carbonyl (C=O) groups is 1. The van der Waals surface area contributed by atoms with E-state index in [1.54, 1.807) is 6.92 Å². The van der Waals surface area contributed by atoms with Crippen molar-refractivity contribution < 1.29 is 9.53 Å². The first kappa shape index (κ1) is 12.4. The van der Waals surface area contributed by atoms with Gasteiger partial charge < -0.3 is 10.5 Å². The average Bonchev–Trinajstić information content (AvgIpc) is 2.51. The molecule has 5 heteroatoms. The summed E-state index contributed by atoms with van der Waals surface area (Å²) in [6.45, 7) is 2.58. The maximum atomic E-state index is 11.2. The highest BCUT2D eigenvalue weighted by molar-refractivity contribution is 7.12. The summed E-state index contributed by atoms with van der Waals surface area (Å²) in [5.74, 6) is -0.270. The van der Waals surface area contributed by atoms with Gasteiger partial charge in [0.25, 0.3) is 0 Å². The molecule has 0 aliphatic carbocycles. The predicted molar refractivity (Wildman–Crippen MR) is 55.4 cm³/mol. The van der Waals surface area contributed by atoms with Crippen molar-refractivity contribution >= 4 is 29.7 Å². The van der Waals surface area contributed by atoms with Crippen molar-refractivity contribution in [2.75, 3.05) is 6.61 Å². The smallest absolute Gasteiger partial charge is 0.348 e. The fourth-order valence-electron chi connectivity index (χ4n) is 0.872. The number of rotatable bonds is 3. The van der Waals surface area contributed by atoms with E-state index in [-0.39, 0.29) is 18.4 Å². The number of esters is 1. The zero-order valence-electron chi connectivity index (χ0n) is 7.28. The molecule has 3 nitrogen and oxygen atoms in total. The minimum absolute atomic E-state index is 0. The van der Waals surface area contributed by atoms with Gasteiger partial charge in [-0.3, -0.25) is 0 Å². The zero-order chi connectivity index (χ0) is 8.97. The topological polar surface area (TPSA) is 52.3 Å². The molecule has 0 bridgehead atoms. The minimum Gasteiger partial charge on any atom is -0.462 e. The fourth-order valence-corrected chi connectivity index (χ4v) is 1.70. The lowest BCUT2D eigenvalue weighted by Crippen LogP contribution is -2.07. The van der Waals surface area contributed by atoms with E-state index < -0.39 is 0 Å². The van der Waals surface area contributed by atoms with Gasteiger partial charge in [-0.25, -0.2) is 4.79 Å². The largest absolute Gasteiger partial charge is 0.462 e. The van der Waals surface area contributed by atoms with E-state index in [1.165, 1.54) is 11.3 Å². The Bertz CT molecular complexity index is 275. The van der Waals surface area contributed by atoms with Crippen LogP contribution in [0.1, 0.15) is 22.2 Å². The molecule has 0 aromatic carbocycles. The molecule has 1 rings (SSSR count). The van der Waals surface area contributed by atoms with Gasteiger partial charge in [-0.15, -0.1) is 23.7 Å². The summed E-state index contributed by atoms with van der Waals surface area (Å²) in [5.41, 5.74) is 6.29. The van der Waals surface area contributed by atoms with Crippen molar-refractivity contribution in [3.63, 3.8) is 0 Å². The SMILES string of the molecule is CCOC(=O)c1sccc1CN.Cl. The number of nitrogens with two attached hydrogens (primary N) is 1. The van der Waals surface area contributed by atoms with Crippen molar-refractivity contribution in [2.24, 2.45) is 5.73 Å². The van der Waals surface area contributed by atoms with Crippen molar-refractivity contribution in [1.29, 1.82) is 0 Å². The molecule has 0 spiro atoms. The Balaban J connectivity index is 0.00000144. The molecule has 0 saturated carbocycles. The van der Waals surface area contributed by atoms with Crippen molar-refractivity contribution in [3.8, 4) is 0 Å². The van der Waals surface area contributed by atoms with Crippen LogP contribution in [-0.4, -0.2) is 12.6 Å². The third kappa shape index (κ3) is 2.99. The molecule has 0 saturated heterocycles. The average molecular weight is 222 g/mol. The fraction of sp³-hybridized carbons (Fsp3) is 0.375. The normalized spacial score (nSPS) is 9.08. The molecular formula is C8H12ClNO2S. The summed E-state index contributed by atoms with van der Waals surface area (Å²) >= 11 is 1.37. The summed E-state index contributed by atoms with van der Waals surface area (Å²) in [6.07, 6.45) is 0. The Kier molecular flexibility index (Phi) is 5.70. The summed E-state index contributed by atoms with van der Waals surface area (Å²) < 4.78 is 4.84. The molecule has 0 atom stereocenters. The van der Waals surface area contributed by atoms with Crippen LogP contribution < -0.4 is 5.73 Å². The second-order valence-corrected chi connectivity index (χ2v) is 3.12. The summed E-state index contributed by atoms with van der Waals surface area (Å²) in [5, 5.41) is 1.84. The van der Waals surface area contributed by atoms with Crippen LogP contribution in [0.4, 0.5) is 0 Å². The van der Waals surface area contributed by atoms with Crippen LogP contribution >= 0.6 is 23.7 Å². The van der Waals surface area contributed by atoms with E-state index >= 15 is 0 Å². The number of hydrogen-bond donors (Lipinski definition) is 1. The third-order valence-corrected chi connectivity index (χ3v) is 2.36. The molecule has 74 valence electrons. The van der Waals surface area contributed by atoms with E-state index in [9.17, 15) is 4.79 Å². The van der Waals surface area contributed by atoms with Crippen LogP contribution in [0.5, 0.6) is 0 Å². The number of thiophene rings is 1. The Morgan fingerprint density at radius 3 is 2.92 bits per heavy atom. The van der Waals surface area contributed by atoms with Crippen LogP contribution in [0, 0.1) is 0 Å². The summed E-state index contributed by atoms with van der Waals surface area (Å²) in [4.78, 5) is 11.8. The molecule has 0 aliphatic rings. The standard InChI is InChI=1S/C8H11NO2S.ClH/c1-2-11-8(10)7-6(5-9)3-4-12-7;/h3-4H,2,5,9H2,1H3;1H. The summed E-state index contributed by atoms with van der Waals surface area (Å²) in [7, 11) is 0. The van der Waals surface area contributed by atoms with Crippen LogP contribution in [0.15, 0.2) is 11.4 Å². The van der Waals surface area contributed by atoms with Crippen LogP contribution in [-0.2, 0) is 11.3 Å². The van der Waals surface area contributed by atoms with Gasteiger partial charge in [0, 0.05) is 6.54 Å². The van der Waals surface area contributed by atoms with Gasteiger partial charge in [-0.1, -0.05) is 0 Å².